The van der Waals surface area contributed by atoms with Crippen LogP contribution in [0.15, 0.2) is 22.7 Å². The highest BCUT2D eigenvalue weighted by molar-refractivity contribution is 9.10. The first kappa shape index (κ1) is 15.3. The van der Waals surface area contributed by atoms with Crippen molar-refractivity contribution in [3.8, 4) is 6.07 Å². The summed E-state index contributed by atoms with van der Waals surface area (Å²) < 4.78 is 1.12. The van der Waals surface area contributed by atoms with Gasteiger partial charge in [-0.05, 0) is 43.7 Å². The molecule has 20 heavy (non-hydrogen) atoms. The Morgan fingerprint density at radius 2 is 2.10 bits per heavy atom. The second-order valence-electron chi connectivity index (χ2n) is 5.90. The lowest BCUT2D eigenvalue weighted by Crippen LogP contribution is -2.38. The minimum atomic E-state index is 0.313. The lowest BCUT2D eigenvalue weighted by molar-refractivity contribution is 0.241. The van der Waals surface area contributed by atoms with Gasteiger partial charge in [0, 0.05) is 35.8 Å². The van der Waals surface area contributed by atoms with Crippen LogP contribution in [0.5, 0.6) is 0 Å². The Labute approximate surface area is 130 Å². The predicted octanol–water partition coefficient (Wildman–Crippen LogP) is 3.43. The number of halogens is 1. The summed E-state index contributed by atoms with van der Waals surface area (Å²) in [5, 5.41) is 9.04. The molecule has 0 spiro atoms. The second kappa shape index (κ2) is 6.60. The molecule has 0 aromatic heterocycles. The molecule has 0 saturated carbocycles. The molecule has 0 radical (unpaired) electrons. The molecule has 1 aromatic carbocycles. The normalized spacial score (nSPS) is 24.2. The minimum Gasteiger partial charge on any atom is -0.369 e. The zero-order valence-corrected chi connectivity index (χ0v) is 14.0. The number of benzene rings is 1. The molecule has 1 aliphatic rings. The molecule has 1 aliphatic heterocycles. The number of nitriles is 1. The van der Waals surface area contributed by atoms with Crippen LogP contribution in [0, 0.1) is 24.2 Å². The van der Waals surface area contributed by atoms with Crippen LogP contribution in [-0.4, -0.2) is 37.6 Å². The van der Waals surface area contributed by atoms with E-state index in [4.69, 9.17) is 5.26 Å². The average Bonchev–Trinajstić information content (AvgIpc) is 2.49. The summed E-state index contributed by atoms with van der Waals surface area (Å²) in [7, 11) is 2.14. The molecule has 1 aromatic rings. The van der Waals surface area contributed by atoms with Crippen LogP contribution in [0.1, 0.15) is 18.9 Å². The van der Waals surface area contributed by atoms with Crippen molar-refractivity contribution in [3.05, 3.63) is 28.2 Å². The van der Waals surface area contributed by atoms with Crippen molar-refractivity contribution < 1.29 is 0 Å². The largest absolute Gasteiger partial charge is 0.369 e. The van der Waals surface area contributed by atoms with E-state index in [9.17, 15) is 0 Å². The molecule has 0 bridgehead atoms. The smallest absolute Gasteiger partial charge is 0.0638 e. The number of hydrogen-bond donors (Lipinski definition) is 0. The lowest BCUT2D eigenvalue weighted by Gasteiger charge is -2.29. The van der Waals surface area contributed by atoms with E-state index in [2.05, 4.69) is 70.9 Å². The van der Waals surface area contributed by atoms with Crippen LogP contribution in [0.3, 0.4) is 0 Å². The number of anilines is 1. The molecule has 1 fully saturated rings. The summed E-state index contributed by atoms with van der Waals surface area (Å²) in [6.45, 7) is 7.47. The van der Waals surface area contributed by atoms with E-state index in [1.807, 2.05) is 0 Å². The van der Waals surface area contributed by atoms with Crippen LogP contribution < -0.4 is 4.90 Å². The fourth-order valence-electron chi connectivity index (χ4n) is 3.04. The van der Waals surface area contributed by atoms with Gasteiger partial charge in [-0.3, -0.25) is 0 Å². The van der Waals surface area contributed by atoms with Gasteiger partial charge in [-0.25, -0.2) is 0 Å². The number of likely N-dealkylation sites (N-methyl/N-ethyl adjacent to an activating group) is 1. The Morgan fingerprint density at radius 1 is 1.35 bits per heavy atom. The van der Waals surface area contributed by atoms with Gasteiger partial charge >= 0.3 is 0 Å². The zero-order chi connectivity index (χ0) is 14.7. The zero-order valence-electron chi connectivity index (χ0n) is 12.4. The van der Waals surface area contributed by atoms with E-state index in [0.29, 0.717) is 18.4 Å². The fourth-order valence-corrected chi connectivity index (χ4v) is 3.51. The second-order valence-corrected chi connectivity index (χ2v) is 6.81. The number of nitrogens with zero attached hydrogens (tertiary/aromatic N) is 3. The van der Waals surface area contributed by atoms with E-state index in [1.165, 1.54) is 11.3 Å². The van der Waals surface area contributed by atoms with Crippen LogP contribution in [0.25, 0.3) is 0 Å². The van der Waals surface area contributed by atoms with Crippen LogP contribution >= 0.6 is 15.9 Å². The average molecular weight is 336 g/mol. The van der Waals surface area contributed by atoms with Gasteiger partial charge in [0.25, 0.3) is 0 Å². The van der Waals surface area contributed by atoms with Crippen molar-refractivity contribution in [1.82, 2.24) is 4.90 Å². The molecule has 2 rings (SSSR count). The molecule has 1 heterocycles. The Balaban J connectivity index is 2.27. The van der Waals surface area contributed by atoms with E-state index >= 15 is 0 Å². The lowest BCUT2D eigenvalue weighted by atomic mass is 10.1. The summed E-state index contributed by atoms with van der Waals surface area (Å²) in [6.07, 6.45) is 0.593. The highest BCUT2D eigenvalue weighted by Crippen LogP contribution is 2.27. The minimum absolute atomic E-state index is 0.313. The Hall–Kier alpha value is -1.05. The van der Waals surface area contributed by atoms with Gasteiger partial charge < -0.3 is 9.80 Å². The summed E-state index contributed by atoms with van der Waals surface area (Å²) >= 11 is 3.52. The molecule has 108 valence electrons. The van der Waals surface area contributed by atoms with Gasteiger partial charge in [0.1, 0.15) is 0 Å². The van der Waals surface area contributed by atoms with Crippen LogP contribution in [0.2, 0.25) is 0 Å². The van der Waals surface area contributed by atoms with Crippen molar-refractivity contribution in [1.29, 1.82) is 5.26 Å². The van der Waals surface area contributed by atoms with Crippen LogP contribution in [0.4, 0.5) is 5.69 Å². The van der Waals surface area contributed by atoms with Crippen LogP contribution in [-0.2, 0) is 0 Å². The van der Waals surface area contributed by atoms with Crippen molar-refractivity contribution in [3.63, 3.8) is 0 Å². The van der Waals surface area contributed by atoms with Crippen molar-refractivity contribution in [2.45, 2.75) is 26.3 Å². The van der Waals surface area contributed by atoms with Gasteiger partial charge in [-0.2, -0.15) is 5.26 Å². The molecule has 0 amide bonds. The molecule has 3 nitrogen and oxygen atoms in total. The third-order valence-corrected chi connectivity index (χ3v) is 4.51. The van der Waals surface area contributed by atoms with E-state index in [0.717, 1.165) is 24.1 Å². The SMILES string of the molecule is Cc1cc(Br)ccc1N1CC(C)CN(C)C(CC#N)C1. The summed E-state index contributed by atoms with van der Waals surface area (Å²) in [5.41, 5.74) is 2.57. The fraction of sp³-hybridized carbons (Fsp3) is 0.562. The van der Waals surface area contributed by atoms with Crippen molar-refractivity contribution >= 4 is 21.6 Å². The molecule has 0 aliphatic carbocycles. The summed E-state index contributed by atoms with van der Waals surface area (Å²) in [6, 6.07) is 9.08. The quantitative estimate of drug-likeness (QED) is 0.829. The third kappa shape index (κ3) is 3.53. The first-order valence-electron chi connectivity index (χ1n) is 7.09. The maximum absolute atomic E-state index is 9.04. The van der Waals surface area contributed by atoms with Gasteiger partial charge in [-0.1, -0.05) is 22.9 Å². The van der Waals surface area contributed by atoms with Gasteiger partial charge in [0.2, 0.25) is 0 Å². The maximum atomic E-state index is 9.04. The van der Waals surface area contributed by atoms with E-state index < -0.39 is 0 Å². The molecule has 1 saturated heterocycles. The molecular formula is C16H22BrN3. The predicted molar refractivity (Wildman–Crippen MR) is 86.9 cm³/mol. The van der Waals surface area contributed by atoms with Gasteiger partial charge in [0.15, 0.2) is 0 Å². The third-order valence-electron chi connectivity index (χ3n) is 4.01. The Morgan fingerprint density at radius 3 is 2.75 bits per heavy atom. The number of aryl methyl sites for hydroxylation is 1. The maximum Gasteiger partial charge on any atom is 0.0638 e. The summed E-state index contributed by atoms with van der Waals surface area (Å²) in [4.78, 5) is 4.78. The Bertz CT molecular complexity index is 509. The standard InChI is InChI=1S/C16H22BrN3/c1-12-9-19(3)15(6-7-18)11-20(10-12)16-5-4-14(17)8-13(16)2/h4-5,8,12,15H,6,9-11H2,1-3H3. The highest BCUT2D eigenvalue weighted by atomic mass is 79.9. The molecule has 4 heteroatoms. The molecular weight excluding hydrogens is 314 g/mol. The summed E-state index contributed by atoms with van der Waals surface area (Å²) in [5.74, 6) is 0.603. The molecule has 2 unspecified atom stereocenters. The Kier molecular flexibility index (Phi) is 5.06. The van der Waals surface area contributed by atoms with Gasteiger partial charge in [0.05, 0.1) is 12.5 Å². The first-order valence-corrected chi connectivity index (χ1v) is 7.89. The monoisotopic (exact) mass is 335 g/mol. The molecule has 0 N–H and O–H groups in total. The first-order chi connectivity index (χ1) is 9.51. The molecule has 2 atom stereocenters. The van der Waals surface area contributed by atoms with E-state index in [1.54, 1.807) is 0 Å². The number of rotatable bonds is 2. The topological polar surface area (TPSA) is 30.3 Å². The van der Waals surface area contributed by atoms with Crippen molar-refractivity contribution in [2.75, 3.05) is 31.6 Å². The van der Waals surface area contributed by atoms with E-state index in [-0.39, 0.29) is 0 Å². The van der Waals surface area contributed by atoms with Crippen molar-refractivity contribution in [2.24, 2.45) is 5.92 Å². The van der Waals surface area contributed by atoms with Gasteiger partial charge in [-0.15, -0.1) is 0 Å². The highest BCUT2D eigenvalue weighted by Gasteiger charge is 2.26. The number of hydrogen-bond acceptors (Lipinski definition) is 3.